The van der Waals surface area contributed by atoms with Crippen LogP contribution in [0.25, 0.3) is 0 Å². The van der Waals surface area contributed by atoms with Gasteiger partial charge in [0.1, 0.15) is 0 Å². The number of likely N-dealkylation sites (N-methyl/N-ethyl adjacent to an activating group) is 1. The van der Waals surface area contributed by atoms with E-state index < -0.39 is 0 Å². The van der Waals surface area contributed by atoms with E-state index in [-0.39, 0.29) is 12.6 Å². The Bertz CT molecular complexity index is 253. The van der Waals surface area contributed by atoms with Gasteiger partial charge in [0, 0.05) is 17.5 Å². The average molecular weight is 225 g/mol. The molecule has 1 unspecified atom stereocenters. The Morgan fingerprint density at radius 2 is 2.07 bits per heavy atom. The lowest BCUT2D eigenvalue weighted by atomic mass is 10.2. The molecule has 0 aliphatic heterocycles. The first-order valence-corrected chi connectivity index (χ1v) is 6.48. The monoisotopic (exact) mass is 225 g/mol. The summed E-state index contributed by atoms with van der Waals surface area (Å²) < 4.78 is 0. The zero-order chi connectivity index (χ0) is 10.9. The number of aliphatic hydroxyl groups excluding tert-OH is 1. The maximum absolute atomic E-state index is 9.08. The molecule has 0 heterocycles. The maximum Gasteiger partial charge on any atom is 0.0592 e. The fourth-order valence-corrected chi connectivity index (χ4v) is 2.41. The van der Waals surface area contributed by atoms with Crippen LogP contribution in [-0.4, -0.2) is 30.1 Å². The summed E-state index contributed by atoms with van der Waals surface area (Å²) in [5, 5.41) is 12.3. The number of benzene rings is 1. The van der Waals surface area contributed by atoms with Gasteiger partial charge in [0.05, 0.1) is 6.61 Å². The zero-order valence-corrected chi connectivity index (χ0v) is 9.96. The van der Waals surface area contributed by atoms with E-state index in [0.29, 0.717) is 0 Å². The van der Waals surface area contributed by atoms with Crippen molar-refractivity contribution in [2.24, 2.45) is 0 Å². The Balaban J connectivity index is 2.20. The normalized spacial score (nSPS) is 12.7. The molecule has 0 bridgehead atoms. The third-order valence-corrected chi connectivity index (χ3v) is 3.32. The smallest absolute Gasteiger partial charge is 0.0592 e. The molecule has 1 atom stereocenters. The molecule has 1 aromatic rings. The summed E-state index contributed by atoms with van der Waals surface area (Å²) in [5.74, 6) is 1.97. The van der Waals surface area contributed by atoms with Crippen molar-refractivity contribution in [2.45, 2.75) is 18.7 Å². The van der Waals surface area contributed by atoms with Crippen molar-refractivity contribution >= 4 is 11.8 Å². The first-order valence-electron chi connectivity index (χ1n) is 5.32. The molecule has 0 saturated heterocycles. The van der Waals surface area contributed by atoms with Gasteiger partial charge >= 0.3 is 0 Å². The molecule has 0 radical (unpaired) electrons. The second-order valence-corrected chi connectivity index (χ2v) is 4.47. The van der Waals surface area contributed by atoms with Crippen LogP contribution in [0.5, 0.6) is 0 Å². The molecule has 84 valence electrons. The molecule has 0 aliphatic rings. The van der Waals surface area contributed by atoms with Crippen LogP contribution in [-0.2, 0) is 5.75 Å². The summed E-state index contributed by atoms with van der Waals surface area (Å²) >= 11 is 1.86. The highest BCUT2D eigenvalue weighted by Gasteiger charge is 2.04. The Kier molecular flexibility index (Phi) is 6.48. The summed E-state index contributed by atoms with van der Waals surface area (Å²) in [6, 6.07) is 10.6. The van der Waals surface area contributed by atoms with Crippen molar-refractivity contribution in [3.8, 4) is 0 Å². The van der Waals surface area contributed by atoms with Crippen molar-refractivity contribution in [2.75, 3.05) is 18.9 Å². The second-order valence-electron chi connectivity index (χ2n) is 3.44. The molecule has 0 aliphatic carbocycles. The molecule has 1 aromatic carbocycles. The Labute approximate surface area is 96.1 Å². The molecule has 1 rings (SSSR count). The summed E-state index contributed by atoms with van der Waals surface area (Å²) in [5.41, 5.74) is 1.34. The molecule has 0 amide bonds. The molecular weight excluding hydrogens is 206 g/mol. The van der Waals surface area contributed by atoms with Gasteiger partial charge in [0.25, 0.3) is 0 Å². The average Bonchev–Trinajstić information content (AvgIpc) is 2.29. The van der Waals surface area contributed by atoms with E-state index in [1.165, 1.54) is 5.56 Å². The summed E-state index contributed by atoms with van der Waals surface area (Å²) in [4.78, 5) is 0. The van der Waals surface area contributed by atoms with Crippen molar-refractivity contribution in [3.05, 3.63) is 35.9 Å². The fourth-order valence-electron chi connectivity index (χ4n) is 1.36. The number of thioether (sulfide) groups is 1. The Morgan fingerprint density at radius 1 is 1.33 bits per heavy atom. The highest BCUT2D eigenvalue weighted by atomic mass is 32.2. The van der Waals surface area contributed by atoms with E-state index in [2.05, 4.69) is 36.5 Å². The van der Waals surface area contributed by atoms with Gasteiger partial charge in [-0.1, -0.05) is 37.3 Å². The van der Waals surface area contributed by atoms with E-state index in [4.69, 9.17) is 5.11 Å². The number of aliphatic hydroxyl groups is 1. The van der Waals surface area contributed by atoms with E-state index in [1.54, 1.807) is 0 Å². The lowest BCUT2D eigenvalue weighted by molar-refractivity contribution is 0.255. The van der Waals surface area contributed by atoms with Crippen LogP contribution in [0.3, 0.4) is 0 Å². The maximum atomic E-state index is 9.08. The van der Waals surface area contributed by atoms with Crippen LogP contribution >= 0.6 is 11.8 Å². The second kappa shape index (κ2) is 7.74. The lowest BCUT2D eigenvalue weighted by Crippen LogP contribution is -2.34. The molecule has 2 nitrogen and oxygen atoms in total. The van der Waals surface area contributed by atoms with Crippen LogP contribution in [0, 0.1) is 0 Å². The largest absolute Gasteiger partial charge is 0.395 e. The minimum Gasteiger partial charge on any atom is -0.395 e. The zero-order valence-electron chi connectivity index (χ0n) is 9.15. The third-order valence-electron chi connectivity index (χ3n) is 2.14. The van der Waals surface area contributed by atoms with Gasteiger partial charge in [-0.3, -0.25) is 0 Å². The SMILES string of the molecule is CCNC(CO)CSCc1ccccc1. The number of nitrogens with one attached hydrogen (secondary N) is 1. The molecule has 3 heteroatoms. The Hall–Kier alpha value is -0.510. The van der Waals surface area contributed by atoms with Gasteiger partial charge in [-0.25, -0.2) is 0 Å². The standard InChI is InChI=1S/C12H19NOS/c1-2-13-12(8-14)10-15-9-11-6-4-3-5-7-11/h3-7,12-14H,2,8-10H2,1H3. The van der Waals surface area contributed by atoms with Crippen LogP contribution < -0.4 is 5.32 Å². The van der Waals surface area contributed by atoms with Crippen LogP contribution in [0.4, 0.5) is 0 Å². The minimum atomic E-state index is 0.218. The van der Waals surface area contributed by atoms with Crippen LogP contribution in [0.2, 0.25) is 0 Å². The molecule has 0 fully saturated rings. The predicted octanol–water partition coefficient (Wildman–Crippen LogP) is 1.89. The number of rotatable bonds is 7. The number of hydrogen-bond acceptors (Lipinski definition) is 3. The first-order chi connectivity index (χ1) is 7.36. The highest BCUT2D eigenvalue weighted by molar-refractivity contribution is 7.98. The molecule has 0 spiro atoms. The molecule has 0 saturated carbocycles. The lowest BCUT2D eigenvalue weighted by Gasteiger charge is -2.14. The summed E-state index contributed by atoms with van der Waals surface area (Å²) in [6.45, 7) is 3.19. The molecule has 2 N–H and O–H groups in total. The van der Waals surface area contributed by atoms with Gasteiger partial charge in [0.15, 0.2) is 0 Å². The van der Waals surface area contributed by atoms with E-state index >= 15 is 0 Å². The highest BCUT2D eigenvalue weighted by Crippen LogP contribution is 2.12. The van der Waals surface area contributed by atoms with E-state index in [0.717, 1.165) is 18.1 Å². The van der Waals surface area contributed by atoms with Crippen molar-refractivity contribution in [1.29, 1.82) is 0 Å². The van der Waals surface area contributed by atoms with Crippen molar-refractivity contribution in [1.82, 2.24) is 5.32 Å². The van der Waals surface area contributed by atoms with Gasteiger partial charge < -0.3 is 10.4 Å². The molecule has 0 aromatic heterocycles. The summed E-state index contributed by atoms with van der Waals surface area (Å²) in [6.07, 6.45) is 0. The molecular formula is C12H19NOS. The first kappa shape index (κ1) is 12.6. The number of hydrogen-bond donors (Lipinski definition) is 2. The van der Waals surface area contributed by atoms with Crippen LogP contribution in [0.15, 0.2) is 30.3 Å². The van der Waals surface area contributed by atoms with Crippen LogP contribution in [0.1, 0.15) is 12.5 Å². The minimum absolute atomic E-state index is 0.218. The Morgan fingerprint density at radius 3 is 2.67 bits per heavy atom. The summed E-state index contributed by atoms with van der Waals surface area (Å²) in [7, 11) is 0. The quantitative estimate of drug-likeness (QED) is 0.743. The van der Waals surface area contributed by atoms with Gasteiger partial charge in [-0.05, 0) is 12.1 Å². The third kappa shape index (κ3) is 5.21. The predicted molar refractivity (Wildman–Crippen MR) is 67.2 cm³/mol. The van der Waals surface area contributed by atoms with Crippen molar-refractivity contribution in [3.63, 3.8) is 0 Å². The van der Waals surface area contributed by atoms with E-state index in [9.17, 15) is 0 Å². The fraction of sp³-hybridized carbons (Fsp3) is 0.500. The van der Waals surface area contributed by atoms with E-state index in [1.807, 2.05) is 17.8 Å². The molecule has 15 heavy (non-hydrogen) atoms. The van der Waals surface area contributed by atoms with Gasteiger partial charge in [-0.15, -0.1) is 0 Å². The van der Waals surface area contributed by atoms with Crippen molar-refractivity contribution < 1.29 is 5.11 Å². The van der Waals surface area contributed by atoms with Gasteiger partial charge in [-0.2, -0.15) is 11.8 Å². The topological polar surface area (TPSA) is 32.3 Å². The van der Waals surface area contributed by atoms with Gasteiger partial charge in [0.2, 0.25) is 0 Å².